The second-order valence-corrected chi connectivity index (χ2v) is 7.65. The van der Waals surface area contributed by atoms with E-state index < -0.39 is 6.10 Å². The minimum absolute atomic E-state index is 0.214. The van der Waals surface area contributed by atoms with Gasteiger partial charge in [-0.3, -0.25) is 4.90 Å². The Bertz CT molecular complexity index is 738. The Morgan fingerprint density at radius 3 is 2.59 bits per heavy atom. The first kappa shape index (κ1) is 19.5. The SMILES string of the molecule is CC(C)c1nc(NCC(O)CN2CCc3ccccc3C2)nc(N(C)C)n1. The summed E-state index contributed by atoms with van der Waals surface area (Å²) < 4.78 is 0. The summed E-state index contributed by atoms with van der Waals surface area (Å²) in [6, 6.07) is 8.54. The molecule has 0 saturated carbocycles. The van der Waals surface area contributed by atoms with Crippen LogP contribution in [0.4, 0.5) is 11.9 Å². The third kappa shape index (κ3) is 5.14. The maximum atomic E-state index is 10.5. The van der Waals surface area contributed by atoms with Crippen LogP contribution in [0.15, 0.2) is 24.3 Å². The van der Waals surface area contributed by atoms with Gasteiger partial charge in [0.25, 0.3) is 0 Å². The number of nitrogens with one attached hydrogen (secondary N) is 1. The van der Waals surface area contributed by atoms with E-state index in [4.69, 9.17) is 0 Å². The Morgan fingerprint density at radius 1 is 1.15 bits per heavy atom. The van der Waals surface area contributed by atoms with Crippen LogP contribution < -0.4 is 10.2 Å². The standard InChI is InChI=1S/C20H30N6O/c1-14(2)18-22-19(24-20(23-18)25(3)4)21-11-17(27)13-26-10-9-15-7-5-6-8-16(15)12-26/h5-8,14,17,27H,9-13H2,1-4H3,(H,21,22,23,24). The van der Waals surface area contributed by atoms with Gasteiger partial charge in [0.2, 0.25) is 11.9 Å². The lowest BCUT2D eigenvalue weighted by Crippen LogP contribution is -2.39. The number of aliphatic hydroxyl groups is 1. The van der Waals surface area contributed by atoms with E-state index in [0.717, 1.165) is 25.3 Å². The highest BCUT2D eigenvalue weighted by molar-refractivity contribution is 5.36. The van der Waals surface area contributed by atoms with E-state index in [0.29, 0.717) is 25.0 Å². The van der Waals surface area contributed by atoms with Crippen molar-refractivity contribution in [2.45, 2.75) is 38.8 Å². The van der Waals surface area contributed by atoms with Crippen molar-refractivity contribution >= 4 is 11.9 Å². The van der Waals surface area contributed by atoms with Crippen molar-refractivity contribution < 1.29 is 5.11 Å². The van der Waals surface area contributed by atoms with Crippen molar-refractivity contribution in [3.63, 3.8) is 0 Å². The first-order valence-corrected chi connectivity index (χ1v) is 9.56. The Hall–Kier alpha value is -2.25. The summed E-state index contributed by atoms with van der Waals surface area (Å²) in [7, 11) is 3.82. The van der Waals surface area contributed by atoms with Crippen molar-refractivity contribution in [2.75, 3.05) is 43.9 Å². The Labute approximate surface area is 161 Å². The number of aliphatic hydroxyl groups excluding tert-OH is 1. The number of nitrogens with zero attached hydrogens (tertiary/aromatic N) is 5. The van der Waals surface area contributed by atoms with E-state index in [2.05, 4.69) is 63.3 Å². The molecule has 1 unspecified atom stereocenters. The van der Waals surface area contributed by atoms with Gasteiger partial charge in [-0.15, -0.1) is 0 Å². The quantitative estimate of drug-likeness (QED) is 0.771. The molecule has 7 heteroatoms. The average molecular weight is 371 g/mol. The molecule has 27 heavy (non-hydrogen) atoms. The van der Waals surface area contributed by atoms with Crippen molar-refractivity contribution in [1.29, 1.82) is 0 Å². The topological polar surface area (TPSA) is 77.4 Å². The predicted octanol–water partition coefficient (Wildman–Crippen LogP) is 1.89. The second kappa shape index (κ2) is 8.63. The molecular formula is C20H30N6O. The van der Waals surface area contributed by atoms with Crippen LogP contribution in [0.1, 0.15) is 36.7 Å². The average Bonchev–Trinajstić information content (AvgIpc) is 2.66. The molecule has 3 rings (SSSR count). The molecule has 0 radical (unpaired) electrons. The summed E-state index contributed by atoms with van der Waals surface area (Å²) >= 11 is 0. The normalized spacial score (nSPS) is 15.5. The lowest BCUT2D eigenvalue weighted by atomic mass is 10.00. The van der Waals surface area contributed by atoms with Gasteiger partial charge in [0.1, 0.15) is 5.82 Å². The number of anilines is 2. The van der Waals surface area contributed by atoms with Crippen molar-refractivity contribution in [3.8, 4) is 0 Å². The molecule has 7 nitrogen and oxygen atoms in total. The van der Waals surface area contributed by atoms with Crippen LogP contribution in [0.3, 0.4) is 0 Å². The van der Waals surface area contributed by atoms with E-state index in [1.807, 2.05) is 19.0 Å². The maximum Gasteiger partial charge on any atom is 0.229 e. The fourth-order valence-corrected chi connectivity index (χ4v) is 3.20. The fraction of sp³-hybridized carbons (Fsp3) is 0.550. The van der Waals surface area contributed by atoms with Crippen LogP contribution in [0.2, 0.25) is 0 Å². The van der Waals surface area contributed by atoms with Crippen molar-refractivity contribution in [3.05, 3.63) is 41.2 Å². The van der Waals surface area contributed by atoms with E-state index in [1.165, 1.54) is 11.1 Å². The molecule has 146 valence electrons. The number of aromatic nitrogens is 3. The molecule has 0 bridgehead atoms. The summed E-state index contributed by atoms with van der Waals surface area (Å²) in [6.07, 6.45) is 0.547. The number of benzene rings is 1. The number of hydrogen-bond acceptors (Lipinski definition) is 7. The second-order valence-electron chi connectivity index (χ2n) is 7.65. The van der Waals surface area contributed by atoms with E-state index in [9.17, 15) is 5.11 Å². The Balaban J connectivity index is 1.57. The van der Waals surface area contributed by atoms with Crippen LogP contribution in [0.25, 0.3) is 0 Å². The molecule has 1 aliphatic heterocycles. The summed E-state index contributed by atoms with van der Waals surface area (Å²) in [5.41, 5.74) is 2.78. The summed E-state index contributed by atoms with van der Waals surface area (Å²) in [5.74, 6) is 2.10. The van der Waals surface area contributed by atoms with Crippen molar-refractivity contribution in [2.24, 2.45) is 0 Å². The monoisotopic (exact) mass is 370 g/mol. The molecule has 2 heterocycles. The molecule has 0 aliphatic carbocycles. The van der Waals surface area contributed by atoms with Gasteiger partial charge in [-0.1, -0.05) is 38.1 Å². The number of hydrogen-bond donors (Lipinski definition) is 2. The van der Waals surface area contributed by atoms with Gasteiger partial charge >= 0.3 is 0 Å². The van der Waals surface area contributed by atoms with Crippen LogP contribution >= 0.6 is 0 Å². The van der Waals surface area contributed by atoms with E-state index in [-0.39, 0.29) is 5.92 Å². The summed E-state index contributed by atoms with van der Waals surface area (Å²) in [6.45, 7) is 7.02. The molecule has 2 N–H and O–H groups in total. The smallest absolute Gasteiger partial charge is 0.229 e. The van der Waals surface area contributed by atoms with Gasteiger partial charge in [-0.05, 0) is 17.5 Å². The van der Waals surface area contributed by atoms with Gasteiger partial charge in [0.05, 0.1) is 6.10 Å². The van der Waals surface area contributed by atoms with Crippen LogP contribution in [-0.2, 0) is 13.0 Å². The number of rotatable bonds is 7. The van der Waals surface area contributed by atoms with Gasteiger partial charge < -0.3 is 15.3 Å². The number of β-amino-alcohol motifs (C(OH)–C–C–N with tert-alkyl or cyclic N) is 1. The van der Waals surface area contributed by atoms with Crippen LogP contribution in [-0.4, -0.2) is 64.8 Å². The molecular weight excluding hydrogens is 340 g/mol. The van der Waals surface area contributed by atoms with E-state index in [1.54, 1.807) is 0 Å². The lowest BCUT2D eigenvalue weighted by molar-refractivity contribution is 0.114. The third-order valence-corrected chi connectivity index (χ3v) is 4.73. The molecule has 1 aromatic carbocycles. The highest BCUT2D eigenvalue weighted by Gasteiger charge is 2.19. The Kier molecular flexibility index (Phi) is 6.23. The maximum absolute atomic E-state index is 10.5. The van der Waals surface area contributed by atoms with Gasteiger partial charge in [0, 0.05) is 46.2 Å². The van der Waals surface area contributed by atoms with E-state index >= 15 is 0 Å². The first-order valence-electron chi connectivity index (χ1n) is 9.56. The highest BCUT2D eigenvalue weighted by Crippen LogP contribution is 2.19. The Morgan fingerprint density at radius 2 is 1.89 bits per heavy atom. The molecule has 2 aromatic rings. The molecule has 1 aliphatic rings. The van der Waals surface area contributed by atoms with Crippen LogP contribution in [0.5, 0.6) is 0 Å². The first-order chi connectivity index (χ1) is 12.9. The highest BCUT2D eigenvalue weighted by atomic mass is 16.3. The predicted molar refractivity (Wildman–Crippen MR) is 108 cm³/mol. The summed E-state index contributed by atoms with van der Waals surface area (Å²) in [5, 5.41) is 13.7. The zero-order chi connectivity index (χ0) is 19.4. The molecule has 0 saturated heterocycles. The largest absolute Gasteiger partial charge is 0.390 e. The zero-order valence-electron chi connectivity index (χ0n) is 16.7. The molecule has 0 amide bonds. The van der Waals surface area contributed by atoms with Crippen LogP contribution in [0, 0.1) is 0 Å². The van der Waals surface area contributed by atoms with Gasteiger partial charge in [-0.2, -0.15) is 15.0 Å². The van der Waals surface area contributed by atoms with Gasteiger partial charge in [0.15, 0.2) is 0 Å². The molecule has 0 spiro atoms. The van der Waals surface area contributed by atoms with Crippen molar-refractivity contribution in [1.82, 2.24) is 19.9 Å². The third-order valence-electron chi connectivity index (χ3n) is 4.73. The molecule has 1 aromatic heterocycles. The van der Waals surface area contributed by atoms with Gasteiger partial charge in [-0.25, -0.2) is 0 Å². The summed E-state index contributed by atoms with van der Waals surface area (Å²) in [4.78, 5) is 17.5. The minimum Gasteiger partial charge on any atom is -0.390 e. The fourth-order valence-electron chi connectivity index (χ4n) is 3.20. The minimum atomic E-state index is -0.489. The molecule has 1 atom stereocenters. The molecule has 0 fully saturated rings. The number of fused-ring (bicyclic) bond motifs is 1. The zero-order valence-corrected chi connectivity index (χ0v) is 16.7. The lowest BCUT2D eigenvalue weighted by Gasteiger charge is -2.30.